The standard InChI is InChI=1S/C19H27N3O3/c1-5-13(4)17(11-23)20-18(24)10-16-14-8-6-7-9-15(14)19(25)22(21-16)12(2)3/h6-9,12-13,17,23H,5,10-11H2,1-4H3,(H,20,24)/t13-,17+/m0/s1. The molecule has 6 nitrogen and oxygen atoms in total. The molecule has 2 atom stereocenters. The molecule has 25 heavy (non-hydrogen) atoms. The molecule has 0 aliphatic rings. The van der Waals surface area contributed by atoms with Crippen LogP contribution in [0.4, 0.5) is 0 Å². The van der Waals surface area contributed by atoms with Gasteiger partial charge in [-0.2, -0.15) is 5.10 Å². The first-order valence-corrected chi connectivity index (χ1v) is 8.79. The molecule has 136 valence electrons. The molecule has 0 aliphatic carbocycles. The molecule has 0 fully saturated rings. The van der Waals surface area contributed by atoms with Crippen LogP contribution in [0.2, 0.25) is 0 Å². The summed E-state index contributed by atoms with van der Waals surface area (Å²) in [5.41, 5.74) is 0.421. The summed E-state index contributed by atoms with van der Waals surface area (Å²) in [5.74, 6) is -0.0192. The van der Waals surface area contributed by atoms with Crippen LogP contribution in [-0.4, -0.2) is 33.4 Å². The van der Waals surface area contributed by atoms with Crippen molar-refractivity contribution in [1.82, 2.24) is 15.1 Å². The summed E-state index contributed by atoms with van der Waals surface area (Å²) in [6, 6.07) is 6.84. The first kappa shape index (κ1) is 19.1. The zero-order valence-electron chi connectivity index (χ0n) is 15.3. The first-order valence-electron chi connectivity index (χ1n) is 8.79. The quantitative estimate of drug-likeness (QED) is 0.804. The van der Waals surface area contributed by atoms with Crippen molar-refractivity contribution in [2.24, 2.45) is 5.92 Å². The molecular formula is C19H27N3O3. The largest absolute Gasteiger partial charge is 0.394 e. The second kappa shape index (κ2) is 8.25. The maximum atomic E-state index is 12.5. The number of hydrogen-bond acceptors (Lipinski definition) is 4. The van der Waals surface area contributed by atoms with Gasteiger partial charge in [0.2, 0.25) is 5.91 Å². The highest BCUT2D eigenvalue weighted by Crippen LogP contribution is 2.16. The van der Waals surface area contributed by atoms with E-state index in [1.165, 1.54) is 4.68 Å². The van der Waals surface area contributed by atoms with Crippen LogP contribution in [0.5, 0.6) is 0 Å². The molecule has 1 amide bonds. The molecule has 0 unspecified atom stereocenters. The van der Waals surface area contributed by atoms with Crippen molar-refractivity contribution in [2.75, 3.05) is 6.61 Å². The Morgan fingerprint density at radius 3 is 2.44 bits per heavy atom. The Hall–Kier alpha value is -2.21. The van der Waals surface area contributed by atoms with Gasteiger partial charge in [0.05, 0.1) is 36.2 Å². The summed E-state index contributed by atoms with van der Waals surface area (Å²) in [6.07, 6.45) is 0.936. The molecular weight excluding hydrogens is 318 g/mol. The number of nitrogens with zero attached hydrogens (tertiary/aromatic N) is 2. The van der Waals surface area contributed by atoms with E-state index in [0.29, 0.717) is 16.5 Å². The van der Waals surface area contributed by atoms with Gasteiger partial charge in [-0.25, -0.2) is 4.68 Å². The third-order valence-electron chi connectivity index (χ3n) is 4.60. The number of aliphatic hydroxyl groups is 1. The van der Waals surface area contributed by atoms with Crippen LogP contribution in [-0.2, 0) is 11.2 Å². The Labute approximate surface area is 147 Å². The number of nitrogens with one attached hydrogen (secondary N) is 1. The summed E-state index contributed by atoms with van der Waals surface area (Å²) < 4.78 is 1.42. The van der Waals surface area contributed by atoms with Crippen LogP contribution >= 0.6 is 0 Å². The highest BCUT2D eigenvalue weighted by molar-refractivity contribution is 5.88. The number of amides is 1. The highest BCUT2D eigenvalue weighted by atomic mass is 16.3. The number of aromatic nitrogens is 2. The molecule has 2 aromatic rings. The maximum Gasteiger partial charge on any atom is 0.274 e. The Bertz CT molecular complexity index is 798. The van der Waals surface area contributed by atoms with Crippen LogP contribution in [0.1, 0.15) is 45.9 Å². The molecule has 2 N–H and O–H groups in total. The lowest BCUT2D eigenvalue weighted by Gasteiger charge is -2.22. The van der Waals surface area contributed by atoms with Gasteiger partial charge in [0, 0.05) is 5.39 Å². The van der Waals surface area contributed by atoms with Crippen molar-refractivity contribution < 1.29 is 9.90 Å². The summed E-state index contributed by atoms with van der Waals surface area (Å²) in [5, 5.41) is 18.1. The average Bonchev–Trinajstić information content (AvgIpc) is 2.61. The molecule has 0 radical (unpaired) electrons. The fraction of sp³-hybridized carbons (Fsp3) is 0.526. The molecule has 1 aromatic carbocycles. The molecule has 0 aliphatic heterocycles. The minimum Gasteiger partial charge on any atom is -0.394 e. The van der Waals surface area contributed by atoms with E-state index in [-0.39, 0.29) is 42.5 Å². The van der Waals surface area contributed by atoms with Crippen molar-refractivity contribution in [3.05, 3.63) is 40.3 Å². The molecule has 0 saturated heterocycles. The van der Waals surface area contributed by atoms with Crippen molar-refractivity contribution in [1.29, 1.82) is 0 Å². The van der Waals surface area contributed by atoms with Crippen molar-refractivity contribution in [3.8, 4) is 0 Å². The average molecular weight is 345 g/mol. The normalized spacial score (nSPS) is 13.8. The zero-order chi connectivity index (χ0) is 18.6. The summed E-state index contributed by atoms with van der Waals surface area (Å²) in [4.78, 5) is 25.0. The topological polar surface area (TPSA) is 84.2 Å². The van der Waals surface area contributed by atoms with Gasteiger partial charge in [-0.05, 0) is 25.8 Å². The highest BCUT2D eigenvalue weighted by Gasteiger charge is 2.19. The minimum absolute atomic E-state index is 0.0699. The Kier molecular flexibility index (Phi) is 6.31. The van der Waals surface area contributed by atoms with Crippen LogP contribution in [0, 0.1) is 5.92 Å². The van der Waals surface area contributed by atoms with E-state index in [4.69, 9.17) is 0 Å². The lowest BCUT2D eigenvalue weighted by Crippen LogP contribution is -2.42. The van der Waals surface area contributed by atoms with Crippen molar-refractivity contribution >= 4 is 16.7 Å². The van der Waals surface area contributed by atoms with E-state index in [2.05, 4.69) is 10.4 Å². The van der Waals surface area contributed by atoms with Crippen LogP contribution < -0.4 is 10.9 Å². The molecule has 0 spiro atoms. The Morgan fingerprint density at radius 1 is 1.24 bits per heavy atom. The predicted molar refractivity (Wildman–Crippen MR) is 98.6 cm³/mol. The minimum atomic E-state index is -0.278. The number of fused-ring (bicyclic) bond motifs is 1. The lowest BCUT2D eigenvalue weighted by molar-refractivity contribution is -0.121. The van der Waals surface area contributed by atoms with Crippen LogP contribution in [0.25, 0.3) is 10.8 Å². The number of hydrogen-bond donors (Lipinski definition) is 2. The lowest BCUT2D eigenvalue weighted by atomic mass is 9.99. The second-order valence-electron chi connectivity index (χ2n) is 6.75. The fourth-order valence-electron chi connectivity index (χ4n) is 2.82. The van der Waals surface area contributed by atoms with Crippen molar-refractivity contribution in [2.45, 2.75) is 52.6 Å². The van der Waals surface area contributed by atoms with E-state index >= 15 is 0 Å². The van der Waals surface area contributed by atoms with Gasteiger partial charge in [-0.15, -0.1) is 0 Å². The summed E-state index contributed by atoms with van der Waals surface area (Å²) in [7, 11) is 0. The van der Waals surface area contributed by atoms with Gasteiger partial charge in [0.1, 0.15) is 0 Å². The second-order valence-corrected chi connectivity index (χ2v) is 6.75. The van der Waals surface area contributed by atoms with E-state index in [1.807, 2.05) is 45.9 Å². The molecule has 6 heteroatoms. The van der Waals surface area contributed by atoms with Gasteiger partial charge in [0.15, 0.2) is 0 Å². The van der Waals surface area contributed by atoms with Gasteiger partial charge >= 0.3 is 0 Å². The van der Waals surface area contributed by atoms with Gasteiger partial charge in [0.25, 0.3) is 5.56 Å². The number of carbonyl (C=O) groups is 1. The van der Waals surface area contributed by atoms with Gasteiger partial charge < -0.3 is 10.4 Å². The molecule has 1 heterocycles. The van der Waals surface area contributed by atoms with Crippen molar-refractivity contribution in [3.63, 3.8) is 0 Å². The Balaban J connectivity index is 2.36. The fourth-order valence-corrected chi connectivity index (χ4v) is 2.82. The molecule has 0 bridgehead atoms. The molecule has 2 rings (SSSR count). The zero-order valence-corrected chi connectivity index (χ0v) is 15.3. The maximum absolute atomic E-state index is 12.5. The van der Waals surface area contributed by atoms with Gasteiger partial charge in [-0.3, -0.25) is 9.59 Å². The number of carbonyl (C=O) groups excluding carboxylic acids is 1. The first-order chi connectivity index (χ1) is 11.9. The number of rotatable bonds is 7. The molecule has 1 aromatic heterocycles. The third-order valence-corrected chi connectivity index (χ3v) is 4.60. The van der Waals surface area contributed by atoms with Crippen LogP contribution in [0.15, 0.2) is 29.1 Å². The summed E-state index contributed by atoms with van der Waals surface area (Å²) in [6.45, 7) is 7.69. The monoisotopic (exact) mass is 345 g/mol. The number of aliphatic hydroxyl groups excluding tert-OH is 1. The van der Waals surface area contributed by atoms with E-state index in [9.17, 15) is 14.7 Å². The Morgan fingerprint density at radius 2 is 1.88 bits per heavy atom. The van der Waals surface area contributed by atoms with E-state index in [1.54, 1.807) is 6.07 Å². The summed E-state index contributed by atoms with van der Waals surface area (Å²) >= 11 is 0. The number of benzene rings is 1. The predicted octanol–water partition coefficient (Wildman–Crippen LogP) is 2.04. The molecule has 0 saturated carbocycles. The van der Waals surface area contributed by atoms with E-state index < -0.39 is 0 Å². The SMILES string of the molecule is CC[C@H](C)[C@@H](CO)NC(=O)Cc1nn(C(C)C)c(=O)c2ccccc12. The van der Waals surface area contributed by atoms with Crippen LogP contribution in [0.3, 0.4) is 0 Å². The third kappa shape index (κ3) is 4.25. The smallest absolute Gasteiger partial charge is 0.274 e. The van der Waals surface area contributed by atoms with E-state index in [0.717, 1.165) is 6.42 Å². The van der Waals surface area contributed by atoms with Gasteiger partial charge in [-0.1, -0.05) is 38.5 Å².